The molecule has 1 aromatic heterocycles. The van der Waals surface area contributed by atoms with Crippen LogP contribution in [0.4, 0.5) is 0 Å². The van der Waals surface area contributed by atoms with Crippen LogP contribution in [0.15, 0.2) is 36.7 Å². The number of aryl methyl sites for hydroxylation is 1. The smallest absolute Gasteiger partial charge is 0.159 e. The summed E-state index contributed by atoms with van der Waals surface area (Å²) < 4.78 is 11.1. The first-order valence-corrected chi connectivity index (χ1v) is 8.00. The number of rotatable bonds is 10. The van der Waals surface area contributed by atoms with Crippen LogP contribution in [0.1, 0.15) is 24.8 Å². The normalized spacial score (nSPS) is 10.7. The first kappa shape index (κ1) is 17.3. The number of hydrogen-bond acceptors (Lipinski definition) is 4. The van der Waals surface area contributed by atoms with Gasteiger partial charge in [0, 0.05) is 18.8 Å². The molecular formula is C19H24N2O2. The van der Waals surface area contributed by atoms with Gasteiger partial charge in [0.25, 0.3) is 0 Å². The fourth-order valence-corrected chi connectivity index (χ4v) is 2.01. The van der Waals surface area contributed by atoms with Crippen molar-refractivity contribution in [3.63, 3.8) is 0 Å². The molecule has 0 bridgehead atoms. The molecule has 0 unspecified atom stereocenters. The third-order valence-corrected chi connectivity index (χ3v) is 3.36. The molecule has 1 aromatic carbocycles. The van der Waals surface area contributed by atoms with Crippen molar-refractivity contribution in [3.8, 4) is 17.1 Å². The Morgan fingerprint density at radius 1 is 1.00 bits per heavy atom. The lowest BCUT2D eigenvalue weighted by Gasteiger charge is -2.07. The molecule has 4 heteroatoms. The van der Waals surface area contributed by atoms with Gasteiger partial charge in [0.1, 0.15) is 0 Å². The zero-order valence-corrected chi connectivity index (χ0v) is 13.7. The lowest BCUT2D eigenvalue weighted by atomic mass is 10.1. The van der Waals surface area contributed by atoms with Gasteiger partial charge >= 0.3 is 0 Å². The van der Waals surface area contributed by atoms with Crippen LogP contribution in [0.5, 0.6) is 5.75 Å². The van der Waals surface area contributed by atoms with E-state index in [4.69, 9.17) is 9.47 Å². The molecule has 0 radical (unpaired) electrons. The maximum absolute atomic E-state index is 5.65. The number of hydrogen-bond donors (Lipinski definition) is 0. The highest BCUT2D eigenvalue weighted by atomic mass is 16.5. The van der Waals surface area contributed by atoms with E-state index < -0.39 is 0 Å². The lowest BCUT2D eigenvalue weighted by molar-refractivity contribution is 0.129. The quantitative estimate of drug-likeness (QED) is 0.490. The van der Waals surface area contributed by atoms with Gasteiger partial charge in [-0.05, 0) is 19.8 Å². The van der Waals surface area contributed by atoms with E-state index >= 15 is 0 Å². The van der Waals surface area contributed by atoms with E-state index in [9.17, 15) is 0 Å². The number of benzene rings is 1. The molecule has 23 heavy (non-hydrogen) atoms. The van der Waals surface area contributed by atoms with Crippen molar-refractivity contribution in [2.45, 2.75) is 26.2 Å². The van der Waals surface area contributed by atoms with E-state index in [0.29, 0.717) is 18.2 Å². The number of ether oxygens (including phenoxy) is 2. The topological polar surface area (TPSA) is 44.2 Å². The summed E-state index contributed by atoms with van der Waals surface area (Å²) in [5.74, 6) is 1.42. The van der Waals surface area contributed by atoms with Crippen molar-refractivity contribution < 1.29 is 9.47 Å². The van der Waals surface area contributed by atoms with Crippen LogP contribution in [0.3, 0.4) is 0 Å². The predicted molar refractivity (Wildman–Crippen MR) is 92.0 cm³/mol. The summed E-state index contributed by atoms with van der Waals surface area (Å²) in [6.07, 6.45) is 8.16. The maximum atomic E-state index is 5.65. The monoisotopic (exact) mass is 312 g/mol. The lowest BCUT2D eigenvalue weighted by Crippen LogP contribution is -2.02. The Balaban J connectivity index is 1.68. The maximum Gasteiger partial charge on any atom is 0.159 e. The van der Waals surface area contributed by atoms with Gasteiger partial charge in [-0.1, -0.05) is 36.8 Å². The van der Waals surface area contributed by atoms with Crippen molar-refractivity contribution in [1.82, 2.24) is 9.97 Å². The molecule has 4 nitrogen and oxygen atoms in total. The summed E-state index contributed by atoms with van der Waals surface area (Å²) in [5.41, 5.74) is 2.24. The Morgan fingerprint density at radius 3 is 2.39 bits per heavy atom. The molecule has 0 saturated carbocycles. The zero-order valence-electron chi connectivity index (χ0n) is 13.7. The van der Waals surface area contributed by atoms with Gasteiger partial charge in [-0.3, -0.25) is 0 Å². The van der Waals surface area contributed by atoms with E-state index in [1.807, 2.05) is 18.6 Å². The number of unbranched alkanes of at least 4 members (excludes halogenated alkanes) is 2. The molecule has 0 saturated heterocycles. The van der Waals surface area contributed by atoms with E-state index in [1.165, 1.54) is 5.56 Å². The van der Waals surface area contributed by atoms with Gasteiger partial charge < -0.3 is 9.47 Å². The molecule has 2 aromatic rings. The Bertz CT molecular complexity index is 553. The van der Waals surface area contributed by atoms with Crippen molar-refractivity contribution in [1.29, 1.82) is 0 Å². The highest BCUT2D eigenvalue weighted by molar-refractivity contribution is 5.55. The van der Waals surface area contributed by atoms with Gasteiger partial charge in [-0.2, -0.15) is 0 Å². The van der Waals surface area contributed by atoms with Crippen LogP contribution >= 0.6 is 0 Å². The van der Waals surface area contributed by atoms with E-state index in [2.05, 4.69) is 35.9 Å². The van der Waals surface area contributed by atoms with Crippen LogP contribution in [-0.4, -0.2) is 29.8 Å². The Morgan fingerprint density at radius 2 is 1.70 bits per heavy atom. The van der Waals surface area contributed by atoms with Crippen molar-refractivity contribution in [2.24, 2.45) is 0 Å². The first-order valence-electron chi connectivity index (χ1n) is 8.00. The molecule has 122 valence electrons. The van der Waals surface area contributed by atoms with E-state index in [0.717, 1.165) is 38.0 Å². The highest BCUT2D eigenvalue weighted by Gasteiger charge is 2.02. The highest BCUT2D eigenvalue weighted by Crippen LogP contribution is 2.17. The molecule has 2 rings (SSSR count). The average Bonchev–Trinajstić information content (AvgIpc) is 2.59. The minimum Gasteiger partial charge on any atom is -0.490 e. The van der Waals surface area contributed by atoms with Gasteiger partial charge in [0.2, 0.25) is 0 Å². The van der Waals surface area contributed by atoms with Gasteiger partial charge in [-0.15, -0.1) is 12.8 Å². The second kappa shape index (κ2) is 9.85. The Hall–Kier alpha value is -2.07. The fourth-order valence-electron chi connectivity index (χ4n) is 2.01. The van der Waals surface area contributed by atoms with Gasteiger partial charge in [0.05, 0.1) is 19.0 Å². The summed E-state index contributed by atoms with van der Waals surface area (Å²) in [4.78, 5) is 8.71. The first-order chi connectivity index (χ1) is 11.3. The van der Waals surface area contributed by atoms with Crippen LogP contribution in [0.25, 0.3) is 11.4 Å². The summed E-state index contributed by atoms with van der Waals surface area (Å²) >= 11 is 0. The van der Waals surface area contributed by atoms with Crippen LogP contribution < -0.4 is 4.74 Å². The fraction of sp³-hybridized carbons (Fsp3) is 0.368. The molecule has 0 aliphatic rings. The molecular weight excluding hydrogens is 288 g/mol. The van der Waals surface area contributed by atoms with E-state index in [1.54, 1.807) is 12.4 Å². The summed E-state index contributed by atoms with van der Waals surface area (Å²) in [7, 11) is 0. The third kappa shape index (κ3) is 6.28. The second-order valence-corrected chi connectivity index (χ2v) is 5.35. The zero-order chi connectivity index (χ0) is 16.3. The molecule has 0 aliphatic carbocycles. The molecule has 1 heterocycles. The SMILES string of the molecule is [CH2+][CH-]CCOCCCCOc1cnc(-c2ccc(C)cc2)nc1. The summed E-state index contributed by atoms with van der Waals surface area (Å²) in [5, 5.41) is 0. The minimum atomic E-state index is 0.651. The minimum absolute atomic E-state index is 0.651. The molecule has 0 amide bonds. The summed E-state index contributed by atoms with van der Waals surface area (Å²) in [6.45, 7) is 7.88. The van der Waals surface area contributed by atoms with Crippen molar-refractivity contribution >= 4 is 0 Å². The molecule has 0 spiro atoms. The Labute approximate surface area is 138 Å². The van der Waals surface area contributed by atoms with Crippen molar-refractivity contribution in [2.75, 3.05) is 19.8 Å². The van der Waals surface area contributed by atoms with Gasteiger partial charge in [0.15, 0.2) is 11.6 Å². The average molecular weight is 312 g/mol. The van der Waals surface area contributed by atoms with Crippen LogP contribution in [-0.2, 0) is 4.74 Å². The molecule has 0 N–H and O–H groups in total. The largest absolute Gasteiger partial charge is 0.490 e. The number of nitrogens with zero attached hydrogens (tertiary/aromatic N) is 2. The second-order valence-electron chi connectivity index (χ2n) is 5.35. The van der Waals surface area contributed by atoms with Crippen molar-refractivity contribution in [3.05, 3.63) is 55.6 Å². The van der Waals surface area contributed by atoms with Crippen LogP contribution in [0, 0.1) is 20.3 Å². The van der Waals surface area contributed by atoms with Gasteiger partial charge in [-0.25, -0.2) is 9.97 Å². The number of aromatic nitrogens is 2. The molecule has 0 fully saturated rings. The Kier molecular flexibility index (Phi) is 7.40. The predicted octanol–water partition coefficient (Wildman–Crippen LogP) is 4.06. The van der Waals surface area contributed by atoms with E-state index in [-0.39, 0.29) is 0 Å². The summed E-state index contributed by atoms with van der Waals surface area (Å²) in [6, 6.07) is 8.16. The standard InChI is InChI=1S/C19H24N2O2/c1-3-4-11-22-12-5-6-13-23-18-14-20-19(21-15-18)17-9-7-16(2)8-10-17/h3,7-10,14-15H,1,4-6,11-13H2,2H3. The molecule has 0 atom stereocenters. The molecule has 0 aliphatic heterocycles. The van der Waals surface area contributed by atoms with Crippen LogP contribution in [0.2, 0.25) is 0 Å². The third-order valence-electron chi connectivity index (χ3n) is 3.36.